The van der Waals surface area contributed by atoms with Crippen molar-refractivity contribution in [3.05, 3.63) is 52.9 Å². The first-order valence-corrected chi connectivity index (χ1v) is 7.03. The molecule has 1 heterocycles. The number of benzene rings is 2. The van der Waals surface area contributed by atoms with Crippen molar-refractivity contribution in [3.8, 4) is 11.5 Å². The van der Waals surface area contributed by atoms with Gasteiger partial charge in [0.2, 0.25) is 5.89 Å². The van der Waals surface area contributed by atoms with Crippen LogP contribution in [0.5, 0.6) is 11.5 Å². The number of hydrogen-bond acceptors (Lipinski definition) is 4. The van der Waals surface area contributed by atoms with E-state index in [0.29, 0.717) is 28.0 Å². The second-order valence-electron chi connectivity index (χ2n) is 4.61. The Bertz CT molecular complexity index is 839. The first kappa shape index (κ1) is 14.5. The molecule has 2 aromatic carbocycles. The van der Waals surface area contributed by atoms with Crippen molar-refractivity contribution in [2.75, 3.05) is 14.2 Å². The Kier molecular flexibility index (Phi) is 4.02. The number of halogens is 1. The van der Waals surface area contributed by atoms with E-state index in [2.05, 4.69) is 4.98 Å². The molecule has 0 aliphatic heterocycles. The lowest BCUT2D eigenvalue weighted by Gasteiger charge is -2.07. The average Bonchev–Trinajstić information content (AvgIpc) is 2.94. The molecule has 3 rings (SSSR count). The van der Waals surface area contributed by atoms with Crippen LogP contribution < -0.4 is 9.47 Å². The summed E-state index contributed by atoms with van der Waals surface area (Å²) in [6.07, 6.45) is 3.70. The number of hydrogen-bond donors (Lipinski definition) is 0. The van der Waals surface area contributed by atoms with Crippen LogP contribution in [-0.2, 0) is 0 Å². The van der Waals surface area contributed by atoms with E-state index < -0.39 is 0 Å². The van der Waals surface area contributed by atoms with E-state index in [0.717, 1.165) is 11.1 Å². The van der Waals surface area contributed by atoms with E-state index in [1.165, 1.54) is 0 Å². The van der Waals surface area contributed by atoms with Gasteiger partial charge in [0.05, 0.1) is 14.2 Å². The number of oxazole rings is 1. The highest BCUT2D eigenvalue weighted by atomic mass is 35.5. The van der Waals surface area contributed by atoms with E-state index in [1.54, 1.807) is 38.5 Å². The molecule has 5 heteroatoms. The van der Waals surface area contributed by atoms with Gasteiger partial charge in [0.15, 0.2) is 17.1 Å². The monoisotopic (exact) mass is 315 g/mol. The molecule has 1 aromatic heterocycles. The summed E-state index contributed by atoms with van der Waals surface area (Å²) in [4.78, 5) is 4.37. The fourth-order valence-electron chi connectivity index (χ4n) is 2.11. The summed E-state index contributed by atoms with van der Waals surface area (Å²) in [6.45, 7) is 0. The highest BCUT2D eigenvalue weighted by Gasteiger charge is 2.05. The maximum Gasteiger partial charge on any atom is 0.220 e. The topological polar surface area (TPSA) is 44.5 Å². The smallest absolute Gasteiger partial charge is 0.220 e. The summed E-state index contributed by atoms with van der Waals surface area (Å²) < 4.78 is 16.1. The van der Waals surface area contributed by atoms with Gasteiger partial charge in [0.1, 0.15) is 5.52 Å². The van der Waals surface area contributed by atoms with Crippen LogP contribution in [0.2, 0.25) is 5.02 Å². The van der Waals surface area contributed by atoms with Gasteiger partial charge >= 0.3 is 0 Å². The summed E-state index contributed by atoms with van der Waals surface area (Å²) in [5.74, 6) is 1.89. The second-order valence-corrected chi connectivity index (χ2v) is 5.05. The molecule has 0 unspecified atom stereocenters. The first-order valence-electron chi connectivity index (χ1n) is 6.66. The number of ether oxygens (including phenoxy) is 2. The highest BCUT2D eigenvalue weighted by Crippen LogP contribution is 2.28. The van der Waals surface area contributed by atoms with Crippen LogP contribution in [0.1, 0.15) is 11.5 Å². The molecular formula is C17H14ClNO3. The minimum atomic E-state index is 0.520. The third kappa shape index (κ3) is 2.92. The van der Waals surface area contributed by atoms with E-state index in [9.17, 15) is 0 Å². The molecular weight excluding hydrogens is 302 g/mol. The molecule has 4 nitrogen and oxygen atoms in total. The lowest BCUT2D eigenvalue weighted by atomic mass is 10.2. The zero-order valence-corrected chi connectivity index (χ0v) is 12.9. The number of fused-ring (bicyclic) bond motifs is 1. The van der Waals surface area contributed by atoms with Crippen LogP contribution in [0.25, 0.3) is 23.3 Å². The third-order valence-electron chi connectivity index (χ3n) is 3.19. The standard InChI is InChI=1S/C17H14ClNO3/c1-20-15-6-3-11(9-16(15)21-2)4-8-17-19-13-10-12(18)5-7-14(13)22-17/h3-10H,1-2H3. The second kappa shape index (κ2) is 6.12. The summed E-state index contributed by atoms with van der Waals surface area (Å²) >= 11 is 5.94. The highest BCUT2D eigenvalue weighted by molar-refractivity contribution is 6.31. The molecule has 0 aliphatic carbocycles. The van der Waals surface area contributed by atoms with Crippen LogP contribution in [0.15, 0.2) is 40.8 Å². The lowest BCUT2D eigenvalue weighted by Crippen LogP contribution is -1.90. The van der Waals surface area contributed by atoms with Crippen molar-refractivity contribution < 1.29 is 13.9 Å². The van der Waals surface area contributed by atoms with Gasteiger partial charge in [-0.2, -0.15) is 0 Å². The molecule has 0 radical (unpaired) electrons. The zero-order valence-electron chi connectivity index (χ0n) is 12.2. The molecule has 0 atom stereocenters. The third-order valence-corrected chi connectivity index (χ3v) is 3.43. The largest absolute Gasteiger partial charge is 0.493 e. The van der Waals surface area contributed by atoms with Crippen LogP contribution in [0.3, 0.4) is 0 Å². The molecule has 22 heavy (non-hydrogen) atoms. The maximum absolute atomic E-state index is 5.94. The fourth-order valence-corrected chi connectivity index (χ4v) is 2.28. The summed E-state index contributed by atoms with van der Waals surface area (Å²) in [7, 11) is 3.21. The van der Waals surface area contributed by atoms with Gasteiger partial charge in [-0.05, 0) is 42.0 Å². The number of aromatic nitrogens is 1. The van der Waals surface area contributed by atoms with Crippen molar-refractivity contribution >= 4 is 34.9 Å². The Hall–Kier alpha value is -2.46. The Morgan fingerprint density at radius 2 is 1.82 bits per heavy atom. The van der Waals surface area contributed by atoms with E-state index >= 15 is 0 Å². The molecule has 3 aromatic rings. The van der Waals surface area contributed by atoms with Crippen molar-refractivity contribution in [1.82, 2.24) is 4.98 Å². The Balaban J connectivity index is 1.89. The molecule has 0 saturated carbocycles. The minimum Gasteiger partial charge on any atom is -0.493 e. The molecule has 0 saturated heterocycles. The molecule has 0 spiro atoms. The summed E-state index contributed by atoms with van der Waals surface area (Å²) in [5, 5.41) is 0.635. The van der Waals surface area contributed by atoms with Crippen molar-refractivity contribution in [2.45, 2.75) is 0 Å². The van der Waals surface area contributed by atoms with Gasteiger partial charge in [-0.3, -0.25) is 0 Å². The van der Waals surface area contributed by atoms with Gasteiger partial charge in [-0.25, -0.2) is 4.98 Å². The van der Waals surface area contributed by atoms with Gasteiger partial charge in [0, 0.05) is 11.1 Å². The molecule has 0 bridgehead atoms. The number of methoxy groups -OCH3 is 2. The predicted octanol–water partition coefficient (Wildman–Crippen LogP) is 4.67. The molecule has 0 aliphatic rings. The Morgan fingerprint density at radius 1 is 1.00 bits per heavy atom. The first-order chi connectivity index (χ1) is 10.7. The Morgan fingerprint density at radius 3 is 2.59 bits per heavy atom. The zero-order chi connectivity index (χ0) is 15.5. The van der Waals surface area contributed by atoms with Crippen LogP contribution in [-0.4, -0.2) is 19.2 Å². The van der Waals surface area contributed by atoms with Crippen LogP contribution >= 0.6 is 11.6 Å². The van der Waals surface area contributed by atoms with Gasteiger partial charge < -0.3 is 13.9 Å². The summed E-state index contributed by atoms with van der Waals surface area (Å²) in [5.41, 5.74) is 2.40. The van der Waals surface area contributed by atoms with E-state index in [4.69, 9.17) is 25.5 Å². The van der Waals surface area contributed by atoms with E-state index in [1.807, 2.05) is 24.3 Å². The van der Waals surface area contributed by atoms with Crippen LogP contribution in [0.4, 0.5) is 0 Å². The Labute approximate surface area is 132 Å². The van der Waals surface area contributed by atoms with Crippen molar-refractivity contribution in [1.29, 1.82) is 0 Å². The lowest BCUT2D eigenvalue weighted by molar-refractivity contribution is 0.355. The van der Waals surface area contributed by atoms with Gasteiger partial charge in [-0.1, -0.05) is 17.7 Å². The molecule has 0 N–H and O–H groups in total. The van der Waals surface area contributed by atoms with E-state index in [-0.39, 0.29) is 0 Å². The molecule has 112 valence electrons. The molecule has 0 fully saturated rings. The summed E-state index contributed by atoms with van der Waals surface area (Å²) in [6, 6.07) is 11.0. The predicted molar refractivity (Wildman–Crippen MR) is 87.5 cm³/mol. The molecule has 0 amide bonds. The quantitative estimate of drug-likeness (QED) is 0.702. The SMILES string of the molecule is COc1ccc(C=Cc2nc3cc(Cl)ccc3o2)cc1OC. The van der Waals surface area contributed by atoms with Gasteiger partial charge in [-0.15, -0.1) is 0 Å². The van der Waals surface area contributed by atoms with Crippen molar-refractivity contribution in [3.63, 3.8) is 0 Å². The van der Waals surface area contributed by atoms with Gasteiger partial charge in [0.25, 0.3) is 0 Å². The van der Waals surface area contributed by atoms with Crippen LogP contribution in [0, 0.1) is 0 Å². The fraction of sp³-hybridized carbons (Fsp3) is 0.118. The maximum atomic E-state index is 5.94. The average molecular weight is 316 g/mol. The normalized spacial score (nSPS) is 11.2. The number of rotatable bonds is 4. The number of nitrogens with zero attached hydrogens (tertiary/aromatic N) is 1. The minimum absolute atomic E-state index is 0.520. The van der Waals surface area contributed by atoms with Crippen molar-refractivity contribution in [2.24, 2.45) is 0 Å².